The number of aromatic nitrogens is 2. The van der Waals surface area contributed by atoms with E-state index in [0.717, 1.165) is 29.7 Å². The molecular weight excluding hydrogens is 302 g/mol. The smallest absolute Gasteiger partial charge is 0.0762 e. The Morgan fingerprint density at radius 1 is 1.21 bits per heavy atom. The van der Waals surface area contributed by atoms with Gasteiger partial charge in [0.25, 0.3) is 0 Å². The average Bonchev–Trinajstić information content (AvgIpc) is 2.89. The molecule has 1 heterocycles. The summed E-state index contributed by atoms with van der Waals surface area (Å²) in [4.78, 5) is 0. The molecule has 3 nitrogen and oxygen atoms in total. The Labute approximate surface area is 123 Å². The van der Waals surface area contributed by atoms with Crippen molar-refractivity contribution in [2.45, 2.75) is 39.4 Å². The van der Waals surface area contributed by atoms with Crippen molar-refractivity contribution in [1.29, 1.82) is 0 Å². The first kappa shape index (κ1) is 14.3. The van der Waals surface area contributed by atoms with Crippen molar-refractivity contribution in [3.63, 3.8) is 0 Å². The Hall–Kier alpha value is -1.13. The summed E-state index contributed by atoms with van der Waals surface area (Å²) in [6, 6.07) is 10.9. The predicted octanol–water partition coefficient (Wildman–Crippen LogP) is 3.91. The number of benzene rings is 1. The molecule has 1 unspecified atom stereocenters. The van der Waals surface area contributed by atoms with E-state index < -0.39 is 0 Å². The molecule has 1 aromatic heterocycles. The molecule has 0 saturated heterocycles. The number of nitrogens with zero attached hydrogens (tertiary/aromatic N) is 2. The van der Waals surface area contributed by atoms with Crippen LogP contribution in [0.5, 0.6) is 0 Å². The normalized spacial score (nSPS) is 12.6. The highest BCUT2D eigenvalue weighted by molar-refractivity contribution is 9.10. The lowest BCUT2D eigenvalue weighted by Gasteiger charge is -2.08. The van der Waals surface area contributed by atoms with Crippen LogP contribution in [0.2, 0.25) is 0 Å². The Morgan fingerprint density at radius 2 is 1.95 bits per heavy atom. The first-order chi connectivity index (χ1) is 9.19. The van der Waals surface area contributed by atoms with Crippen molar-refractivity contribution in [3.05, 3.63) is 52.3 Å². The molecule has 2 aromatic rings. The number of rotatable bonds is 6. The lowest BCUT2D eigenvalue weighted by atomic mass is 10.2. The molecule has 0 aliphatic carbocycles. The van der Waals surface area contributed by atoms with Crippen molar-refractivity contribution in [2.24, 2.45) is 0 Å². The van der Waals surface area contributed by atoms with Crippen molar-refractivity contribution in [2.75, 3.05) is 0 Å². The zero-order chi connectivity index (χ0) is 13.7. The van der Waals surface area contributed by atoms with Crippen LogP contribution in [0, 0.1) is 0 Å². The van der Waals surface area contributed by atoms with Gasteiger partial charge in [0.05, 0.1) is 5.69 Å². The van der Waals surface area contributed by atoms with Gasteiger partial charge in [-0.15, -0.1) is 0 Å². The van der Waals surface area contributed by atoms with Gasteiger partial charge in [-0.3, -0.25) is 4.68 Å². The molecule has 0 spiro atoms. The third kappa shape index (κ3) is 4.18. The first-order valence-electron chi connectivity index (χ1n) is 6.68. The van der Waals surface area contributed by atoms with Gasteiger partial charge >= 0.3 is 0 Å². The van der Waals surface area contributed by atoms with E-state index >= 15 is 0 Å². The molecule has 1 aromatic carbocycles. The molecule has 0 radical (unpaired) electrons. The molecule has 2 rings (SSSR count). The number of hydrogen-bond donors (Lipinski definition) is 1. The van der Waals surface area contributed by atoms with Gasteiger partial charge in [0.1, 0.15) is 0 Å². The minimum atomic E-state index is 0.472. The SMILES string of the molecule is CCC(C)n1ccc(CNCc2ccc(Br)cc2)n1. The van der Waals surface area contributed by atoms with Crippen LogP contribution < -0.4 is 5.32 Å². The molecule has 1 N–H and O–H groups in total. The van der Waals surface area contributed by atoms with Gasteiger partial charge in [-0.05, 0) is 37.1 Å². The summed E-state index contributed by atoms with van der Waals surface area (Å²) in [5.41, 5.74) is 2.38. The first-order valence-corrected chi connectivity index (χ1v) is 7.47. The van der Waals surface area contributed by atoms with E-state index in [1.165, 1.54) is 5.56 Å². The van der Waals surface area contributed by atoms with Crippen LogP contribution in [-0.2, 0) is 13.1 Å². The van der Waals surface area contributed by atoms with Crippen LogP contribution >= 0.6 is 15.9 Å². The molecule has 0 amide bonds. The Bertz CT molecular complexity index is 504. The maximum absolute atomic E-state index is 4.57. The van der Waals surface area contributed by atoms with E-state index in [2.05, 4.69) is 76.7 Å². The van der Waals surface area contributed by atoms with Crippen LogP contribution in [0.15, 0.2) is 41.0 Å². The summed E-state index contributed by atoms with van der Waals surface area (Å²) in [7, 11) is 0. The fraction of sp³-hybridized carbons (Fsp3) is 0.400. The van der Waals surface area contributed by atoms with Crippen LogP contribution in [-0.4, -0.2) is 9.78 Å². The molecule has 0 fully saturated rings. The fourth-order valence-corrected chi connectivity index (χ4v) is 2.11. The van der Waals surface area contributed by atoms with Gasteiger partial charge in [-0.2, -0.15) is 5.10 Å². The van der Waals surface area contributed by atoms with Gasteiger partial charge < -0.3 is 5.32 Å². The predicted molar refractivity (Wildman–Crippen MR) is 81.9 cm³/mol. The van der Waals surface area contributed by atoms with Crippen LogP contribution in [0.25, 0.3) is 0 Å². The van der Waals surface area contributed by atoms with Gasteiger partial charge in [-0.25, -0.2) is 0 Å². The Balaban J connectivity index is 1.82. The van der Waals surface area contributed by atoms with Crippen LogP contribution in [0.4, 0.5) is 0 Å². The van der Waals surface area contributed by atoms with Gasteiger partial charge in [-0.1, -0.05) is 35.0 Å². The lowest BCUT2D eigenvalue weighted by molar-refractivity contribution is 0.471. The average molecular weight is 322 g/mol. The summed E-state index contributed by atoms with van der Waals surface area (Å²) in [5, 5.41) is 7.99. The molecule has 0 bridgehead atoms. The molecule has 102 valence electrons. The third-order valence-corrected chi connectivity index (χ3v) is 3.78. The molecule has 4 heteroatoms. The standard InChI is InChI=1S/C15H20BrN3/c1-3-12(2)19-9-8-15(18-19)11-17-10-13-4-6-14(16)7-5-13/h4-9,12,17H,3,10-11H2,1-2H3. The Morgan fingerprint density at radius 3 is 2.63 bits per heavy atom. The summed E-state index contributed by atoms with van der Waals surface area (Å²) >= 11 is 3.44. The molecule has 0 aliphatic heterocycles. The quantitative estimate of drug-likeness (QED) is 0.874. The second-order valence-electron chi connectivity index (χ2n) is 4.77. The van der Waals surface area contributed by atoms with Crippen LogP contribution in [0.3, 0.4) is 0 Å². The lowest BCUT2D eigenvalue weighted by Crippen LogP contribution is -2.14. The second kappa shape index (κ2) is 6.87. The zero-order valence-electron chi connectivity index (χ0n) is 11.4. The maximum atomic E-state index is 4.57. The minimum absolute atomic E-state index is 0.472. The van der Waals surface area contributed by atoms with Crippen molar-refractivity contribution in [1.82, 2.24) is 15.1 Å². The van der Waals surface area contributed by atoms with E-state index in [0.29, 0.717) is 6.04 Å². The van der Waals surface area contributed by atoms with Gasteiger partial charge in [0.2, 0.25) is 0 Å². The highest BCUT2D eigenvalue weighted by Crippen LogP contribution is 2.11. The largest absolute Gasteiger partial charge is 0.307 e. The molecule has 19 heavy (non-hydrogen) atoms. The summed E-state index contributed by atoms with van der Waals surface area (Å²) in [5.74, 6) is 0. The molecule has 0 aliphatic rings. The van der Waals surface area contributed by atoms with Crippen molar-refractivity contribution >= 4 is 15.9 Å². The molecule has 0 saturated carbocycles. The van der Waals surface area contributed by atoms with E-state index in [1.807, 2.05) is 4.68 Å². The second-order valence-corrected chi connectivity index (χ2v) is 5.69. The van der Waals surface area contributed by atoms with E-state index in [-0.39, 0.29) is 0 Å². The number of hydrogen-bond acceptors (Lipinski definition) is 2. The molecular formula is C15H20BrN3. The minimum Gasteiger partial charge on any atom is -0.307 e. The Kier molecular flexibility index (Phi) is 5.16. The summed E-state index contributed by atoms with van der Waals surface area (Å²) < 4.78 is 3.15. The zero-order valence-corrected chi connectivity index (χ0v) is 13.0. The van der Waals surface area contributed by atoms with Gasteiger partial charge in [0, 0.05) is 29.8 Å². The number of halogens is 1. The van der Waals surface area contributed by atoms with Crippen LogP contribution in [0.1, 0.15) is 37.6 Å². The molecule has 1 atom stereocenters. The monoisotopic (exact) mass is 321 g/mol. The highest BCUT2D eigenvalue weighted by atomic mass is 79.9. The van der Waals surface area contributed by atoms with Crippen molar-refractivity contribution in [3.8, 4) is 0 Å². The van der Waals surface area contributed by atoms with E-state index in [1.54, 1.807) is 0 Å². The van der Waals surface area contributed by atoms with Gasteiger partial charge in [0.15, 0.2) is 0 Å². The topological polar surface area (TPSA) is 29.9 Å². The number of nitrogens with one attached hydrogen (secondary N) is 1. The maximum Gasteiger partial charge on any atom is 0.0762 e. The summed E-state index contributed by atoms with van der Waals surface area (Å²) in [6.07, 6.45) is 3.16. The highest BCUT2D eigenvalue weighted by Gasteiger charge is 2.04. The van der Waals surface area contributed by atoms with E-state index in [9.17, 15) is 0 Å². The van der Waals surface area contributed by atoms with E-state index in [4.69, 9.17) is 0 Å². The third-order valence-electron chi connectivity index (χ3n) is 3.25. The fourth-order valence-electron chi connectivity index (χ4n) is 1.84. The summed E-state index contributed by atoms with van der Waals surface area (Å²) in [6.45, 7) is 6.03. The van der Waals surface area contributed by atoms with Crippen molar-refractivity contribution < 1.29 is 0 Å².